The molecular weight excluding hydrogens is 360 g/mol. The summed E-state index contributed by atoms with van der Waals surface area (Å²) in [7, 11) is 0. The van der Waals surface area contributed by atoms with E-state index in [4.69, 9.17) is 4.98 Å². The Morgan fingerprint density at radius 3 is 2.55 bits per heavy atom. The number of carbonyl (C=O) groups is 1. The van der Waals surface area contributed by atoms with Crippen molar-refractivity contribution in [3.8, 4) is 11.1 Å². The fourth-order valence-electron chi connectivity index (χ4n) is 4.28. The molecule has 1 saturated heterocycles. The Hall–Kier alpha value is -3.47. The largest absolute Gasteiger partial charge is 0.340 e. The van der Waals surface area contributed by atoms with E-state index >= 15 is 0 Å². The number of H-pyrrole nitrogens is 1. The van der Waals surface area contributed by atoms with Gasteiger partial charge in [-0.05, 0) is 35.6 Å². The van der Waals surface area contributed by atoms with E-state index in [0.29, 0.717) is 0 Å². The Balaban J connectivity index is 1.42. The Morgan fingerprint density at radius 1 is 1.00 bits per heavy atom. The molecule has 5 rings (SSSR count). The molecule has 0 bridgehead atoms. The van der Waals surface area contributed by atoms with Crippen LogP contribution in [0.15, 0.2) is 73.1 Å². The normalized spacial score (nSPS) is 19.4. The minimum atomic E-state index is 0.0578. The molecular formula is C24H22N4O. The highest BCUT2D eigenvalue weighted by atomic mass is 16.1. The Labute approximate surface area is 169 Å². The monoisotopic (exact) mass is 382 g/mol. The first-order valence-electron chi connectivity index (χ1n) is 9.98. The number of piperidine rings is 1. The molecule has 29 heavy (non-hydrogen) atoms. The SMILES string of the molecule is O=CN1CCC(c2nc3ccncc3[nH]2)CC1c1ccc(-c2ccccc2)cc1. The molecule has 4 aromatic rings. The standard InChI is InChI=1S/C24H22N4O/c29-16-28-13-11-20(24-26-21-10-12-25-15-22(21)27-24)14-23(28)19-8-6-18(7-9-19)17-4-2-1-3-5-17/h1-10,12,15-16,20,23H,11,13-14H2,(H,26,27). The second kappa shape index (κ2) is 7.51. The highest BCUT2D eigenvalue weighted by Crippen LogP contribution is 2.38. The summed E-state index contributed by atoms with van der Waals surface area (Å²) < 4.78 is 0. The van der Waals surface area contributed by atoms with Crippen molar-refractivity contribution >= 4 is 17.4 Å². The number of imidazole rings is 1. The minimum Gasteiger partial charge on any atom is -0.340 e. The number of hydrogen-bond donors (Lipinski definition) is 1. The third-order valence-electron chi connectivity index (χ3n) is 5.87. The number of aromatic nitrogens is 3. The molecule has 1 fully saturated rings. The van der Waals surface area contributed by atoms with Crippen molar-refractivity contribution in [1.82, 2.24) is 19.9 Å². The lowest BCUT2D eigenvalue weighted by Gasteiger charge is -2.37. The zero-order valence-corrected chi connectivity index (χ0v) is 16.0. The van der Waals surface area contributed by atoms with Crippen LogP contribution in [0.25, 0.3) is 22.2 Å². The van der Waals surface area contributed by atoms with Gasteiger partial charge >= 0.3 is 0 Å². The number of aromatic amines is 1. The molecule has 2 unspecified atom stereocenters. The summed E-state index contributed by atoms with van der Waals surface area (Å²) in [4.78, 5) is 26.0. The molecule has 1 amide bonds. The molecule has 2 aromatic heterocycles. The van der Waals surface area contributed by atoms with Gasteiger partial charge in [0.1, 0.15) is 5.82 Å². The number of rotatable bonds is 4. The number of amides is 1. The summed E-state index contributed by atoms with van der Waals surface area (Å²) in [6.07, 6.45) is 6.32. The zero-order chi connectivity index (χ0) is 19.6. The van der Waals surface area contributed by atoms with Crippen molar-refractivity contribution in [2.75, 3.05) is 6.54 Å². The first-order valence-corrected chi connectivity index (χ1v) is 9.98. The molecule has 1 aliphatic heterocycles. The molecule has 5 nitrogen and oxygen atoms in total. The highest BCUT2D eigenvalue weighted by Gasteiger charge is 2.31. The van der Waals surface area contributed by atoms with Gasteiger partial charge in [-0.1, -0.05) is 54.6 Å². The summed E-state index contributed by atoms with van der Waals surface area (Å²) >= 11 is 0. The molecule has 1 aliphatic rings. The Kier molecular flexibility index (Phi) is 4.56. The fraction of sp³-hybridized carbons (Fsp3) is 0.208. The van der Waals surface area contributed by atoms with Gasteiger partial charge in [-0.2, -0.15) is 0 Å². The third kappa shape index (κ3) is 3.40. The molecule has 0 saturated carbocycles. The van der Waals surface area contributed by atoms with Crippen molar-refractivity contribution in [2.45, 2.75) is 24.8 Å². The number of nitrogens with zero attached hydrogens (tertiary/aromatic N) is 3. The van der Waals surface area contributed by atoms with Gasteiger partial charge in [-0.15, -0.1) is 0 Å². The zero-order valence-electron chi connectivity index (χ0n) is 16.0. The number of fused-ring (bicyclic) bond motifs is 1. The van der Waals surface area contributed by atoms with Crippen LogP contribution in [0.5, 0.6) is 0 Å². The molecule has 3 heterocycles. The van der Waals surface area contributed by atoms with Crippen LogP contribution < -0.4 is 0 Å². The molecule has 0 radical (unpaired) electrons. The molecule has 2 aromatic carbocycles. The van der Waals surface area contributed by atoms with E-state index < -0.39 is 0 Å². The Morgan fingerprint density at radius 2 is 1.79 bits per heavy atom. The van der Waals surface area contributed by atoms with Crippen LogP contribution in [0.4, 0.5) is 0 Å². The van der Waals surface area contributed by atoms with Gasteiger partial charge in [0.15, 0.2) is 0 Å². The molecule has 1 N–H and O–H groups in total. The first kappa shape index (κ1) is 17.6. The smallest absolute Gasteiger partial charge is 0.210 e. The van der Waals surface area contributed by atoms with Crippen LogP contribution in [0.2, 0.25) is 0 Å². The van der Waals surface area contributed by atoms with Crippen molar-refractivity contribution < 1.29 is 4.79 Å². The highest BCUT2D eigenvalue weighted by molar-refractivity contribution is 5.73. The third-order valence-corrected chi connectivity index (χ3v) is 5.87. The fourth-order valence-corrected chi connectivity index (χ4v) is 4.28. The van der Waals surface area contributed by atoms with E-state index in [9.17, 15) is 4.79 Å². The van der Waals surface area contributed by atoms with Gasteiger partial charge in [0.05, 0.1) is 23.3 Å². The van der Waals surface area contributed by atoms with Gasteiger partial charge in [0, 0.05) is 18.7 Å². The van der Waals surface area contributed by atoms with Crippen LogP contribution >= 0.6 is 0 Å². The summed E-state index contributed by atoms with van der Waals surface area (Å²) in [6, 6.07) is 20.9. The van der Waals surface area contributed by atoms with E-state index in [-0.39, 0.29) is 12.0 Å². The van der Waals surface area contributed by atoms with Gasteiger partial charge in [0.2, 0.25) is 6.41 Å². The van der Waals surface area contributed by atoms with E-state index in [2.05, 4.69) is 46.4 Å². The molecule has 5 heteroatoms. The molecule has 0 spiro atoms. The lowest BCUT2D eigenvalue weighted by molar-refractivity contribution is -0.121. The number of likely N-dealkylation sites (tertiary alicyclic amines) is 1. The van der Waals surface area contributed by atoms with Gasteiger partial charge in [0.25, 0.3) is 0 Å². The quantitative estimate of drug-likeness (QED) is 0.520. The minimum absolute atomic E-state index is 0.0578. The number of nitrogens with one attached hydrogen (secondary N) is 1. The number of hydrogen-bond acceptors (Lipinski definition) is 3. The molecule has 2 atom stereocenters. The van der Waals surface area contributed by atoms with E-state index in [1.165, 1.54) is 16.7 Å². The summed E-state index contributed by atoms with van der Waals surface area (Å²) in [5.41, 5.74) is 5.45. The second-order valence-corrected chi connectivity index (χ2v) is 7.58. The lowest BCUT2D eigenvalue weighted by atomic mass is 9.86. The van der Waals surface area contributed by atoms with Crippen LogP contribution in [-0.4, -0.2) is 32.8 Å². The molecule has 0 aliphatic carbocycles. The summed E-state index contributed by atoms with van der Waals surface area (Å²) in [5.74, 6) is 1.28. The number of pyridine rings is 1. The maximum atomic E-state index is 11.7. The average Bonchev–Trinajstić information content (AvgIpc) is 3.24. The second-order valence-electron chi connectivity index (χ2n) is 7.58. The van der Waals surface area contributed by atoms with Crippen LogP contribution in [0, 0.1) is 0 Å². The van der Waals surface area contributed by atoms with Gasteiger partial charge in [-0.25, -0.2) is 4.98 Å². The maximum Gasteiger partial charge on any atom is 0.210 e. The molecule has 144 valence electrons. The number of carbonyl (C=O) groups excluding carboxylic acids is 1. The number of benzene rings is 2. The van der Waals surface area contributed by atoms with E-state index in [1.807, 2.05) is 35.4 Å². The predicted octanol–water partition coefficient (Wildman–Crippen LogP) is 4.70. The topological polar surface area (TPSA) is 61.9 Å². The van der Waals surface area contributed by atoms with Crippen LogP contribution in [0.1, 0.15) is 36.2 Å². The van der Waals surface area contributed by atoms with Crippen molar-refractivity contribution in [2.24, 2.45) is 0 Å². The van der Waals surface area contributed by atoms with Crippen molar-refractivity contribution in [3.63, 3.8) is 0 Å². The van der Waals surface area contributed by atoms with Gasteiger partial charge in [-0.3, -0.25) is 9.78 Å². The summed E-state index contributed by atoms with van der Waals surface area (Å²) in [6.45, 7) is 0.731. The van der Waals surface area contributed by atoms with E-state index in [1.54, 1.807) is 6.20 Å². The summed E-state index contributed by atoms with van der Waals surface area (Å²) in [5, 5.41) is 0. The van der Waals surface area contributed by atoms with Crippen LogP contribution in [-0.2, 0) is 4.79 Å². The maximum absolute atomic E-state index is 11.7. The van der Waals surface area contributed by atoms with Crippen LogP contribution in [0.3, 0.4) is 0 Å². The Bertz CT molecular complexity index is 1090. The van der Waals surface area contributed by atoms with Crippen molar-refractivity contribution in [3.05, 3.63) is 84.4 Å². The average molecular weight is 382 g/mol. The van der Waals surface area contributed by atoms with Crippen molar-refractivity contribution in [1.29, 1.82) is 0 Å². The first-order chi connectivity index (χ1) is 14.3. The lowest BCUT2D eigenvalue weighted by Crippen LogP contribution is -2.35. The predicted molar refractivity (Wildman–Crippen MR) is 113 cm³/mol. The van der Waals surface area contributed by atoms with Gasteiger partial charge < -0.3 is 9.88 Å². The van der Waals surface area contributed by atoms with E-state index in [0.717, 1.165) is 42.7 Å².